The summed E-state index contributed by atoms with van der Waals surface area (Å²) in [5.74, 6) is -5.77. The molecule has 10 nitrogen and oxygen atoms in total. The summed E-state index contributed by atoms with van der Waals surface area (Å²) in [5, 5.41) is 11.1. The van der Waals surface area contributed by atoms with Crippen molar-refractivity contribution in [2.45, 2.75) is 25.7 Å². The van der Waals surface area contributed by atoms with Gasteiger partial charge in [-0.1, -0.05) is 35.4 Å². The number of oxazole rings is 1. The number of aromatic nitrogens is 1. The summed E-state index contributed by atoms with van der Waals surface area (Å²) in [5.41, 5.74) is 2.16. The topological polar surface area (TPSA) is 130 Å². The Morgan fingerprint density at radius 2 is 1.66 bits per heavy atom. The number of hydrogen-bond acceptors (Lipinski definition) is 8. The number of imide groups is 2. The zero-order valence-corrected chi connectivity index (χ0v) is 29.2. The highest BCUT2D eigenvalue weighted by atomic mass is 35.5. The van der Waals surface area contributed by atoms with Crippen molar-refractivity contribution in [3.63, 3.8) is 0 Å². The number of hydrogen-bond donors (Lipinski definition) is 1. The minimum absolute atomic E-state index is 0.101. The summed E-state index contributed by atoms with van der Waals surface area (Å²) in [4.78, 5) is 64.5. The van der Waals surface area contributed by atoms with Gasteiger partial charge in [0.25, 0.3) is 0 Å². The molecule has 9 rings (SSSR count). The highest BCUT2D eigenvalue weighted by Gasteiger charge is 2.68. The Kier molecular flexibility index (Phi) is 7.40. The van der Waals surface area contributed by atoms with E-state index in [9.17, 15) is 28.7 Å². The minimum Gasteiger partial charge on any atom is -0.508 e. The summed E-state index contributed by atoms with van der Waals surface area (Å²) >= 11 is 6.10. The molecule has 0 bridgehead atoms. The maximum atomic E-state index is 14.6. The Hall–Kier alpha value is -5.81. The fourth-order valence-electron chi connectivity index (χ4n) is 9.12. The summed E-state index contributed by atoms with van der Waals surface area (Å²) in [7, 11) is 1.48. The quantitative estimate of drug-likeness (QED) is 0.146. The fourth-order valence-corrected chi connectivity index (χ4v) is 9.30. The predicted molar refractivity (Wildman–Crippen MR) is 193 cm³/mol. The highest BCUT2D eigenvalue weighted by molar-refractivity contribution is 6.32. The Bertz CT molecular complexity index is 2410. The first kappa shape index (κ1) is 33.1. The first-order chi connectivity index (χ1) is 25.5. The van der Waals surface area contributed by atoms with Crippen LogP contribution in [0.25, 0.3) is 22.6 Å². The van der Waals surface area contributed by atoms with Gasteiger partial charge >= 0.3 is 0 Å². The number of benzene rings is 4. The number of carbonyl (C=O) groups excluding carboxylic acids is 4. The van der Waals surface area contributed by atoms with Crippen LogP contribution in [-0.2, 0) is 19.2 Å². The van der Waals surface area contributed by atoms with E-state index in [0.717, 1.165) is 11.0 Å². The molecule has 12 heteroatoms. The molecule has 4 aromatic carbocycles. The van der Waals surface area contributed by atoms with Crippen molar-refractivity contribution < 1.29 is 37.8 Å². The number of fused-ring (bicyclic) bond motifs is 5. The number of para-hydroxylation sites is 2. The van der Waals surface area contributed by atoms with Gasteiger partial charge in [-0.05, 0) is 98.5 Å². The Labute approximate surface area is 307 Å². The lowest BCUT2D eigenvalue weighted by molar-refractivity contribution is -0.131. The molecule has 53 heavy (non-hydrogen) atoms. The number of carbonyl (C=O) groups is 4. The molecule has 1 N–H and O–H groups in total. The van der Waals surface area contributed by atoms with Crippen LogP contribution in [0.3, 0.4) is 0 Å². The molecule has 0 unspecified atom stereocenters. The lowest BCUT2D eigenvalue weighted by Gasteiger charge is -2.49. The second kappa shape index (κ2) is 11.9. The second-order valence-electron chi connectivity index (χ2n) is 14.2. The lowest BCUT2D eigenvalue weighted by Crippen LogP contribution is -2.48. The molecule has 2 saturated heterocycles. The van der Waals surface area contributed by atoms with Gasteiger partial charge in [-0.2, -0.15) is 0 Å². The van der Waals surface area contributed by atoms with E-state index >= 15 is 0 Å². The number of allylic oxidation sites excluding steroid dienone is 2. The third kappa shape index (κ3) is 4.72. The van der Waals surface area contributed by atoms with E-state index in [2.05, 4.69) is 4.98 Å². The molecule has 1 aromatic heterocycles. The smallest absolute Gasteiger partial charge is 0.241 e. The third-order valence-corrected chi connectivity index (χ3v) is 11.9. The summed E-state index contributed by atoms with van der Waals surface area (Å²) < 4.78 is 25.6. The van der Waals surface area contributed by atoms with Gasteiger partial charge in [-0.15, -0.1) is 0 Å². The van der Waals surface area contributed by atoms with E-state index in [1.807, 2.05) is 30.3 Å². The largest absolute Gasteiger partial charge is 0.508 e. The number of phenolic OH excluding ortho intramolecular Hbond substituents is 1. The molecule has 0 radical (unpaired) electrons. The van der Waals surface area contributed by atoms with Crippen molar-refractivity contribution in [2.75, 3.05) is 16.9 Å². The molecule has 1 saturated carbocycles. The van der Waals surface area contributed by atoms with Crippen LogP contribution in [0.4, 0.5) is 15.8 Å². The van der Waals surface area contributed by atoms with Gasteiger partial charge in [0.05, 0.1) is 46.7 Å². The Balaban J connectivity index is 1.11. The number of halogens is 2. The first-order valence-electron chi connectivity index (χ1n) is 17.3. The normalized spacial score (nSPS) is 26.5. The molecule has 3 heterocycles. The number of methoxy groups -OCH3 is 1. The van der Waals surface area contributed by atoms with Crippen LogP contribution in [0.2, 0.25) is 5.02 Å². The molecule has 5 aromatic rings. The van der Waals surface area contributed by atoms with Crippen molar-refractivity contribution in [3.8, 4) is 23.0 Å². The van der Waals surface area contributed by atoms with Gasteiger partial charge in [0.15, 0.2) is 5.58 Å². The standard InChI is InChI=1S/C41H31ClFN3O7/c1-41-28(38(49)46(40(41)51)22-11-15-30(43)29(42)17-22)19-26-24(35(41)27-18-23(52-2)12-16-32(27)47)13-14-25-34(26)39(50)45(37(25)48)21-9-7-20(8-10-21)36-44-31-5-3-4-6-33(31)53-36/h3-13,15-18,25-26,28,34-35,47H,14,19H2,1-2H3/t25-,26+,28-,34-,35+,41+/m0/s1. The molecular weight excluding hydrogens is 701 g/mol. The Morgan fingerprint density at radius 1 is 0.906 bits per heavy atom. The molecule has 4 aliphatic rings. The van der Waals surface area contributed by atoms with Gasteiger partial charge in [-0.3, -0.25) is 24.1 Å². The van der Waals surface area contributed by atoms with Crippen LogP contribution < -0.4 is 14.5 Å². The van der Waals surface area contributed by atoms with Crippen LogP contribution in [0.5, 0.6) is 11.5 Å². The van der Waals surface area contributed by atoms with E-state index in [4.69, 9.17) is 20.8 Å². The summed E-state index contributed by atoms with van der Waals surface area (Å²) in [6.45, 7) is 1.70. The van der Waals surface area contributed by atoms with Gasteiger partial charge in [0.2, 0.25) is 29.5 Å². The van der Waals surface area contributed by atoms with Gasteiger partial charge in [0, 0.05) is 17.0 Å². The van der Waals surface area contributed by atoms with Crippen molar-refractivity contribution in [1.29, 1.82) is 0 Å². The summed E-state index contributed by atoms with van der Waals surface area (Å²) in [6.07, 6.45) is 2.22. The number of nitrogens with zero attached hydrogens (tertiary/aromatic N) is 3. The lowest BCUT2D eigenvalue weighted by atomic mass is 9.51. The average Bonchev–Trinajstić information content (AvgIpc) is 3.77. The van der Waals surface area contributed by atoms with E-state index in [0.29, 0.717) is 45.1 Å². The predicted octanol–water partition coefficient (Wildman–Crippen LogP) is 7.44. The van der Waals surface area contributed by atoms with Gasteiger partial charge in [0.1, 0.15) is 22.8 Å². The maximum Gasteiger partial charge on any atom is 0.241 e. The number of amides is 4. The molecule has 2 aliphatic heterocycles. The van der Waals surface area contributed by atoms with E-state index in [1.54, 1.807) is 43.3 Å². The molecule has 0 spiro atoms. The summed E-state index contributed by atoms with van der Waals surface area (Å²) in [6, 6.07) is 22.6. The van der Waals surface area contributed by atoms with Crippen molar-refractivity contribution in [2.24, 2.45) is 29.1 Å². The number of rotatable bonds is 5. The number of aromatic hydroxyl groups is 1. The van der Waals surface area contributed by atoms with Gasteiger partial charge in [-0.25, -0.2) is 14.3 Å². The molecule has 266 valence electrons. The third-order valence-electron chi connectivity index (χ3n) is 11.6. The zero-order valence-electron chi connectivity index (χ0n) is 28.5. The molecule has 3 fully saturated rings. The fraction of sp³-hybridized carbons (Fsp3) is 0.244. The van der Waals surface area contributed by atoms with E-state index < -0.39 is 58.5 Å². The van der Waals surface area contributed by atoms with Crippen LogP contribution in [0.1, 0.15) is 31.2 Å². The van der Waals surface area contributed by atoms with Gasteiger partial charge < -0.3 is 14.3 Å². The molecular formula is C41H31ClFN3O7. The zero-order chi connectivity index (χ0) is 36.9. The molecule has 6 atom stereocenters. The molecule has 2 aliphatic carbocycles. The van der Waals surface area contributed by atoms with E-state index in [1.165, 1.54) is 30.2 Å². The first-order valence-corrected chi connectivity index (χ1v) is 17.6. The van der Waals surface area contributed by atoms with Crippen LogP contribution in [0, 0.1) is 34.9 Å². The van der Waals surface area contributed by atoms with Crippen LogP contribution in [-0.4, -0.2) is 40.8 Å². The SMILES string of the molecule is COc1ccc(O)c([C@H]2C3=CC[C@@H]4C(=O)N(c5ccc(-c6nc7ccccc7o6)cc5)C(=O)[C@@H]4[C@@H]3C[C@H]3C(=O)N(c4ccc(F)c(Cl)c4)C(=O)[C@@]23C)c1. The van der Waals surface area contributed by atoms with Crippen molar-refractivity contribution >= 4 is 57.7 Å². The van der Waals surface area contributed by atoms with Crippen LogP contribution in [0.15, 0.2) is 101 Å². The van der Waals surface area contributed by atoms with Crippen molar-refractivity contribution in [1.82, 2.24) is 4.98 Å². The minimum atomic E-state index is -1.43. The maximum absolute atomic E-state index is 14.6. The van der Waals surface area contributed by atoms with E-state index in [-0.39, 0.29) is 35.2 Å². The number of ether oxygens (including phenoxy) is 1. The monoisotopic (exact) mass is 731 g/mol. The molecule has 4 amide bonds. The van der Waals surface area contributed by atoms with Crippen molar-refractivity contribution in [3.05, 3.63) is 113 Å². The second-order valence-corrected chi connectivity index (χ2v) is 14.6. The number of anilines is 2. The van der Waals surface area contributed by atoms with Crippen LogP contribution >= 0.6 is 11.6 Å². The number of phenols is 1. The highest BCUT2D eigenvalue weighted by Crippen LogP contribution is 2.64. The Morgan fingerprint density at radius 3 is 2.40 bits per heavy atom. The average molecular weight is 732 g/mol.